The summed E-state index contributed by atoms with van der Waals surface area (Å²) in [6.45, 7) is 5.56. The van der Waals surface area contributed by atoms with Gasteiger partial charge >= 0.3 is 0 Å². The first-order valence-corrected chi connectivity index (χ1v) is 12.1. The number of anilines is 4. The van der Waals surface area contributed by atoms with E-state index >= 15 is 0 Å². The first kappa shape index (κ1) is 24.9. The summed E-state index contributed by atoms with van der Waals surface area (Å²) < 4.78 is 6.23. The van der Waals surface area contributed by atoms with Crippen LogP contribution < -0.4 is 25.6 Å². The third-order valence-corrected chi connectivity index (χ3v) is 5.68. The minimum absolute atomic E-state index is 0.00248. The number of carbonyl (C=O) groups is 2. The molecule has 0 radical (unpaired) electrons. The van der Waals surface area contributed by atoms with E-state index in [1.165, 1.54) is 13.3 Å². The summed E-state index contributed by atoms with van der Waals surface area (Å²) in [6, 6.07) is 14.7. The van der Waals surface area contributed by atoms with Crippen LogP contribution in [0.3, 0.4) is 0 Å². The molecule has 1 aliphatic heterocycles. The number of nitrogens with zero attached hydrogens (tertiary/aromatic N) is 4. The number of para-hydroxylation sites is 1. The van der Waals surface area contributed by atoms with Gasteiger partial charge in [-0.15, -0.1) is 0 Å². The van der Waals surface area contributed by atoms with Crippen LogP contribution in [0.4, 0.5) is 23.3 Å². The van der Waals surface area contributed by atoms with Crippen LogP contribution in [0, 0.1) is 0 Å². The summed E-state index contributed by atoms with van der Waals surface area (Å²) in [7, 11) is 0. The Balaban J connectivity index is 1.35. The Morgan fingerprint density at radius 3 is 2.61 bits per heavy atom. The number of hydrogen-bond acceptors (Lipinski definition) is 8. The number of piperidine rings is 1. The summed E-state index contributed by atoms with van der Waals surface area (Å²) in [6.07, 6.45) is 3.91. The summed E-state index contributed by atoms with van der Waals surface area (Å²) >= 11 is 0. The average Bonchev–Trinajstić information content (AvgIpc) is 2.88. The first-order chi connectivity index (χ1) is 17.5. The zero-order valence-electron chi connectivity index (χ0n) is 20.5. The molecule has 1 aliphatic rings. The minimum atomic E-state index is -0.134. The summed E-state index contributed by atoms with van der Waals surface area (Å²) in [5, 5.41) is 8.84. The third-order valence-electron chi connectivity index (χ3n) is 5.68. The Labute approximate surface area is 210 Å². The van der Waals surface area contributed by atoms with Crippen LogP contribution in [0.1, 0.15) is 43.5 Å². The van der Waals surface area contributed by atoms with Gasteiger partial charge in [0.15, 0.2) is 0 Å². The molecule has 2 amide bonds. The summed E-state index contributed by atoms with van der Waals surface area (Å²) in [4.78, 5) is 39.0. The molecule has 1 aromatic heterocycles. The van der Waals surface area contributed by atoms with Gasteiger partial charge in [0.2, 0.25) is 17.8 Å². The zero-order chi connectivity index (χ0) is 25.3. The monoisotopic (exact) mass is 489 g/mol. The van der Waals surface area contributed by atoms with E-state index in [0.29, 0.717) is 35.4 Å². The molecule has 4 rings (SSSR count). The van der Waals surface area contributed by atoms with Gasteiger partial charge in [-0.25, -0.2) is 9.97 Å². The van der Waals surface area contributed by atoms with Crippen LogP contribution in [0.15, 0.2) is 54.9 Å². The largest absolute Gasteiger partial charge is 0.489 e. The average molecular weight is 490 g/mol. The zero-order valence-corrected chi connectivity index (χ0v) is 20.5. The van der Waals surface area contributed by atoms with E-state index in [9.17, 15) is 9.59 Å². The lowest BCUT2D eigenvalue weighted by atomic mass is 10.1. The molecule has 10 heteroatoms. The molecule has 1 fully saturated rings. The van der Waals surface area contributed by atoms with E-state index in [-0.39, 0.29) is 17.9 Å². The molecule has 3 N–H and O–H groups in total. The van der Waals surface area contributed by atoms with Crippen LogP contribution in [-0.4, -0.2) is 52.5 Å². The SMILES string of the molecule is CCCNC(=O)c1ccccc1OC1CCN(c2ncnc(Nc3cccc(NC(C)=O)c3)n2)CC1. The van der Waals surface area contributed by atoms with Crippen LogP contribution in [-0.2, 0) is 4.79 Å². The molecule has 0 atom stereocenters. The fraction of sp³-hybridized carbons (Fsp3) is 0.346. The van der Waals surface area contributed by atoms with Crippen molar-refractivity contribution in [2.75, 3.05) is 35.2 Å². The van der Waals surface area contributed by atoms with Gasteiger partial charge in [-0.05, 0) is 36.8 Å². The second kappa shape index (κ2) is 12.0. The number of ether oxygens (including phenoxy) is 1. The number of carbonyl (C=O) groups excluding carboxylic acids is 2. The third kappa shape index (κ3) is 6.68. The van der Waals surface area contributed by atoms with Gasteiger partial charge in [0.25, 0.3) is 5.91 Å². The van der Waals surface area contributed by atoms with E-state index < -0.39 is 0 Å². The van der Waals surface area contributed by atoms with Crippen molar-refractivity contribution in [2.24, 2.45) is 0 Å². The molecular formula is C26H31N7O3. The van der Waals surface area contributed by atoms with Crippen molar-refractivity contribution in [1.29, 1.82) is 0 Å². The highest BCUT2D eigenvalue weighted by molar-refractivity contribution is 5.96. The quantitative estimate of drug-likeness (QED) is 0.415. The highest BCUT2D eigenvalue weighted by Crippen LogP contribution is 2.25. The number of hydrogen-bond donors (Lipinski definition) is 3. The van der Waals surface area contributed by atoms with Crippen molar-refractivity contribution in [3.63, 3.8) is 0 Å². The number of rotatable bonds is 9. The molecule has 0 bridgehead atoms. The number of amides is 2. The summed E-state index contributed by atoms with van der Waals surface area (Å²) in [5.74, 6) is 1.37. The lowest BCUT2D eigenvalue weighted by molar-refractivity contribution is -0.114. The van der Waals surface area contributed by atoms with Gasteiger partial charge in [0, 0.05) is 50.8 Å². The molecule has 2 heterocycles. The van der Waals surface area contributed by atoms with E-state index in [0.717, 1.165) is 38.0 Å². The fourth-order valence-corrected chi connectivity index (χ4v) is 3.95. The van der Waals surface area contributed by atoms with Crippen LogP contribution >= 0.6 is 0 Å². The molecule has 36 heavy (non-hydrogen) atoms. The molecule has 2 aromatic carbocycles. The molecule has 0 aliphatic carbocycles. The van der Waals surface area contributed by atoms with Crippen molar-refractivity contribution in [3.05, 3.63) is 60.4 Å². The molecule has 3 aromatic rings. The second-order valence-electron chi connectivity index (χ2n) is 8.55. The minimum Gasteiger partial charge on any atom is -0.489 e. The summed E-state index contributed by atoms with van der Waals surface area (Å²) in [5.41, 5.74) is 2.00. The normalized spacial score (nSPS) is 13.7. The topological polar surface area (TPSA) is 121 Å². The maximum absolute atomic E-state index is 12.5. The van der Waals surface area contributed by atoms with Crippen LogP contribution in [0.25, 0.3) is 0 Å². The molecular weight excluding hydrogens is 458 g/mol. The maximum atomic E-state index is 12.5. The highest BCUT2D eigenvalue weighted by atomic mass is 16.5. The lowest BCUT2D eigenvalue weighted by Gasteiger charge is -2.32. The fourth-order valence-electron chi connectivity index (χ4n) is 3.95. The van der Waals surface area contributed by atoms with Crippen molar-refractivity contribution in [2.45, 2.75) is 39.2 Å². The molecule has 0 saturated carbocycles. The molecule has 0 spiro atoms. The number of aromatic nitrogens is 3. The number of benzene rings is 2. The Morgan fingerprint density at radius 1 is 1.06 bits per heavy atom. The second-order valence-corrected chi connectivity index (χ2v) is 8.55. The van der Waals surface area contributed by atoms with E-state index in [1.807, 2.05) is 49.4 Å². The standard InChI is InChI=1S/C26H31N7O3/c1-3-13-27-24(35)22-9-4-5-10-23(22)36-21-11-14-33(15-12-21)26-29-17-28-25(32-26)31-20-8-6-7-19(16-20)30-18(2)34/h4-10,16-17,21H,3,11-15H2,1-2H3,(H,27,35)(H,30,34)(H,28,29,31,32). The van der Waals surface area contributed by atoms with Crippen molar-refractivity contribution < 1.29 is 14.3 Å². The lowest BCUT2D eigenvalue weighted by Crippen LogP contribution is -2.39. The first-order valence-electron chi connectivity index (χ1n) is 12.1. The Hall–Kier alpha value is -4.21. The Kier molecular flexibility index (Phi) is 8.28. The van der Waals surface area contributed by atoms with E-state index in [4.69, 9.17) is 4.74 Å². The van der Waals surface area contributed by atoms with Gasteiger partial charge in [-0.3, -0.25) is 9.59 Å². The molecule has 188 valence electrons. The van der Waals surface area contributed by atoms with E-state index in [2.05, 4.69) is 35.8 Å². The predicted octanol–water partition coefficient (Wildman–Crippen LogP) is 3.76. The van der Waals surface area contributed by atoms with Crippen molar-refractivity contribution in [1.82, 2.24) is 20.3 Å². The van der Waals surface area contributed by atoms with E-state index in [1.54, 1.807) is 6.07 Å². The smallest absolute Gasteiger partial charge is 0.255 e. The Morgan fingerprint density at radius 2 is 1.83 bits per heavy atom. The van der Waals surface area contributed by atoms with Gasteiger partial charge in [0.05, 0.1) is 5.56 Å². The predicted molar refractivity (Wildman–Crippen MR) is 139 cm³/mol. The Bertz CT molecular complexity index is 1200. The van der Waals surface area contributed by atoms with Crippen molar-refractivity contribution in [3.8, 4) is 5.75 Å². The van der Waals surface area contributed by atoms with Gasteiger partial charge in [-0.1, -0.05) is 25.1 Å². The van der Waals surface area contributed by atoms with Gasteiger partial charge in [-0.2, -0.15) is 4.98 Å². The van der Waals surface area contributed by atoms with Crippen LogP contribution in [0.5, 0.6) is 5.75 Å². The maximum Gasteiger partial charge on any atom is 0.255 e. The highest BCUT2D eigenvalue weighted by Gasteiger charge is 2.24. The van der Waals surface area contributed by atoms with Crippen molar-refractivity contribution >= 4 is 35.1 Å². The van der Waals surface area contributed by atoms with Crippen LogP contribution in [0.2, 0.25) is 0 Å². The van der Waals surface area contributed by atoms with Gasteiger partial charge in [0.1, 0.15) is 18.2 Å². The van der Waals surface area contributed by atoms with Gasteiger partial charge < -0.3 is 25.6 Å². The molecule has 10 nitrogen and oxygen atoms in total. The molecule has 1 saturated heterocycles. The molecule has 0 unspecified atom stereocenters. The number of nitrogens with one attached hydrogen (secondary N) is 3.